The Labute approximate surface area is 50.0 Å². The normalized spacial score (nSPS) is 0. The van der Waals surface area contributed by atoms with Crippen LogP contribution in [0.25, 0.3) is 0 Å². The van der Waals surface area contributed by atoms with Crippen molar-refractivity contribution in [3.8, 4) is 0 Å². The first-order valence-electron chi connectivity index (χ1n) is 0. The molecule has 0 aliphatic heterocycles. The Hall–Kier alpha value is 1.16. The molecule has 0 aliphatic rings. The summed E-state index contributed by atoms with van der Waals surface area (Å²) in [6.45, 7) is 0. The van der Waals surface area contributed by atoms with Crippen LogP contribution in [0.4, 0.5) is 0 Å². The van der Waals surface area contributed by atoms with Gasteiger partial charge in [0.25, 0.3) is 0 Å². The minimum Gasteiger partial charge on any atom is -1.00 e. The van der Waals surface area contributed by atoms with Gasteiger partial charge in [0, 0.05) is 0 Å². The molecule has 0 amide bonds. The summed E-state index contributed by atoms with van der Waals surface area (Å²) in [6, 6.07) is 0. The van der Waals surface area contributed by atoms with Crippen LogP contribution < -0.4 is 24.8 Å². The molecule has 0 aromatic carbocycles. The smallest absolute Gasteiger partial charge is 1.00 e. The zero-order valence-corrected chi connectivity index (χ0v) is 4.86. The van der Waals surface area contributed by atoms with Crippen LogP contribution in [-0.2, 0) is 19.5 Å². The third-order valence-electron chi connectivity index (χ3n) is 0. The van der Waals surface area contributed by atoms with Crippen LogP contribution >= 0.6 is 0 Å². The van der Waals surface area contributed by atoms with Crippen LogP contribution in [0.3, 0.4) is 0 Å². The number of hydrogen-bond acceptors (Lipinski definition) is 0. The van der Waals surface area contributed by atoms with E-state index in [0.717, 1.165) is 0 Å². The summed E-state index contributed by atoms with van der Waals surface area (Å²) < 4.78 is 0. The van der Waals surface area contributed by atoms with Gasteiger partial charge in [-0.2, -0.15) is 0 Å². The Morgan fingerprint density at radius 2 is 0.750 bits per heavy atom. The first kappa shape index (κ1) is 66.1. The maximum absolute atomic E-state index is 0. The predicted molar refractivity (Wildman–Crippen MR) is 3.61 cm³/mol. The summed E-state index contributed by atoms with van der Waals surface area (Å²) in [4.78, 5) is 0. The van der Waals surface area contributed by atoms with E-state index in [1.54, 1.807) is 0 Å². The quantitative estimate of drug-likeness (QED) is 0.340. The summed E-state index contributed by atoms with van der Waals surface area (Å²) >= 11 is 0. The van der Waals surface area contributed by atoms with Gasteiger partial charge >= 0.3 is 19.5 Å². The van der Waals surface area contributed by atoms with E-state index >= 15 is 0 Å². The molecular weight excluding hydrogens is 188 g/mol. The Kier molecular flexibility index (Phi) is 509. The van der Waals surface area contributed by atoms with E-state index in [9.17, 15) is 0 Å². The Bertz CT molecular complexity index is 6.00. The van der Waals surface area contributed by atoms with Gasteiger partial charge in [-0.05, 0) is 0 Å². The largest absolute Gasteiger partial charge is 2.00 e. The summed E-state index contributed by atoms with van der Waals surface area (Å²) in [6.07, 6.45) is 0. The second kappa shape index (κ2) is 30.8. The van der Waals surface area contributed by atoms with Crippen LogP contribution in [0.2, 0.25) is 0 Å². The third kappa shape index (κ3) is 10.9. The van der Waals surface area contributed by atoms with Gasteiger partial charge in [0.1, 0.15) is 0 Å². The predicted octanol–water partition coefficient (Wildman–Crippen LogP) is -6.82. The Morgan fingerprint density at radius 1 is 0.750 bits per heavy atom. The maximum Gasteiger partial charge on any atom is 2.00 e. The molecule has 0 aliphatic carbocycles. The van der Waals surface area contributed by atoms with Gasteiger partial charge in [0.2, 0.25) is 0 Å². The summed E-state index contributed by atoms with van der Waals surface area (Å²) in [5.74, 6) is 0. The Morgan fingerprint density at radius 3 is 0.750 bits per heavy atom. The molecule has 0 saturated heterocycles. The molecule has 0 atom stereocenters. The topological polar surface area (TPSA) is 31.5 Å². The van der Waals surface area contributed by atoms with E-state index in [0.29, 0.717) is 0 Å². The van der Waals surface area contributed by atoms with Crippen LogP contribution in [0.5, 0.6) is 0 Å². The average Bonchev–Trinajstić information content (AvgIpc) is 0. The molecule has 30 valence electrons. The molecule has 0 aromatic rings. The van der Waals surface area contributed by atoms with Crippen LogP contribution in [0.15, 0.2) is 0 Å². The van der Waals surface area contributed by atoms with Gasteiger partial charge < -0.3 is 30.3 Å². The van der Waals surface area contributed by atoms with Crippen LogP contribution in [0, 0.1) is 0 Å². The molecule has 2 N–H and O–H groups in total. The van der Waals surface area contributed by atoms with Gasteiger partial charge in [0.15, 0.2) is 0 Å². The monoisotopic (exact) mass is 190 g/mol. The second-order valence-electron chi connectivity index (χ2n) is 0. The fraction of sp³-hybridized carbons (Fsp3) is 0. The molecule has 0 unspecified atom stereocenters. The third-order valence-corrected chi connectivity index (χ3v) is 0. The van der Waals surface area contributed by atoms with E-state index in [1.807, 2.05) is 0 Å². The van der Waals surface area contributed by atoms with Gasteiger partial charge in [-0.1, -0.05) is 0 Å². The Balaban J connectivity index is 0. The first-order chi connectivity index (χ1) is 0. The fourth-order valence-electron chi connectivity index (χ4n) is 0. The van der Waals surface area contributed by atoms with Crippen molar-refractivity contribution in [3.63, 3.8) is 0 Å². The van der Waals surface area contributed by atoms with Crippen molar-refractivity contribution in [1.29, 1.82) is 0 Å². The van der Waals surface area contributed by atoms with E-state index in [4.69, 9.17) is 0 Å². The van der Waals surface area contributed by atoms with Crippen LogP contribution in [0.1, 0.15) is 0 Å². The van der Waals surface area contributed by atoms with Gasteiger partial charge in [-0.3, -0.25) is 0 Å². The molecule has 0 aromatic heterocycles. The molecule has 4 heavy (non-hydrogen) atoms. The van der Waals surface area contributed by atoms with Gasteiger partial charge in [-0.15, -0.1) is 0 Å². The molecule has 0 radical (unpaired) electrons. The molecule has 0 saturated carbocycles. The standard InChI is InChI=1S/2ClH.H2O.Ru/h2*1H;1H2;/q;;;+2/p-2. The molecule has 0 rings (SSSR count). The summed E-state index contributed by atoms with van der Waals surface area (Å²) in [5.41, 5.74) is 0. The van der Waals surface area contributed by atoms with Gasteiger partial charge in [-0.25, -0.2) is 0 Å². The van der Waals surface area contributed by atoms with Crippen molar-refractivity contribution >= 4 is 0 Å². The van der Waals surface area contributed by atoms with Crippen molar-refractivity contribution in [1.82, 2.24) is 0 Å². The summed E-state index contributed by atoms with van der Waals surface area (Å²) in [7, 11) is 0. The zero-order chi connectivity index (χ0) is 0. The van der Waals surface area contributed by atoms with Crippen molar-refractivity contribution in [2.24, 2.45) is 0 Å². The zero-order valence-electron chi connectivity index (χ0n) is 1.61. The van der Waals surface area contributed by atoms with Crippen molar-refractivity contribution in [3.05, 3.63) is 0 Å². The summed E-state index contributed by atoms with van der Waals surface area (Å²) in [5, 5.41) is 0. The number of halogens is 2. The molecular formula is H2Cl2ORu. The van der Waals surface area contributed by atoms with Crippen molar-refractivity contribution in [2.45, 2.75) is 0 Å². The van der Waals surface area contributed by atoms with E-state index < -0.39 is 0 Å². The first-order valence-corrected chi connectivity index (χ1v) is 0. The second-order valence-corrected chi connectivity index (χ2v) is 0. The number of rotatable bonds is 0. The minimum atomic E-state index is 0. The van der Waals surface area contributed by atoms with E-state index in [1.165, 1.54) is 0 Å². The molecule has 4 heteroatoms. The SMILES string of the molecule is O.[Cl-].[Cl-].[Ru+2]. The molecule has 0 bridgehead atoms. The molecule has 1 nitrogen and oxygen atoms in total. The minimum absolute atomic E-state index is 0. The molecule has 0 spiro atoms. The van der Waals surface area contributed by atoms with Crippen LogP contribution in [-0.4, -0.2) is 5.48 Å². The van der Waals surface area contributed by atoms with E-state index in [-0.39, 0.29) is 49.8 Å². The fourth-order valence-corrected chi connectivity index (χ4v) is 0. The molecule has 0 fully saturated rings. The number of hydrogen-bond donors (Lipinski definition) is 0. The van der Waals surface area contributed by atoms with E-state index in [2.05, 4.69) is 0 Å². The average molecular weight is 190 g/mol. The maximum atomic E-state index is 0. The van der Waals surface area contributed by atoms with Crippen molar-refractivity contribution in [2.75, 3.05) is 0 Å². The van der Waals surface area contributed by atoms with Crippen molar-refractivity contribution < 1.29 is 49.8 Å². The van der Waals surface area contributed by atoms with Gasteiger partial charge in [0.05, 0.1) is 0 Å². The molecule has 0 heterocycles.